The quantitative estimate of drug-likeness (QED) is 0.543. The van der Waals surface area contributed by atoms with Gasteiger partial charge in [-0.15, -0.1) is 0 Å². The van der Waals surface area contributed by atoms with Crippen LogP contribution in [0, 0.1) is 0 Å². The molecule has 6 nitrogen and oxygen atoms in total. The maximum atomic E-state index is 10.5. The molecular formula is C13H16N4O2. The number of nitrogens with zero attached hydrogens (tertiary/aromatic N) is 1. The van der Waals surface area contributed by atoms with E-state index in [9.17, 15) is 4.79 Å². The summed E-state index contributed by atoms with van der Waals surface area (Å²) < 4.78 is 0. The first kappa shape index (κ1) is 13.1. The molecule has 0 radical (unpaired) electrons. The molecule has 2 rings (SSSR count). The van der Waals surface area contributed by atoms with Crippen LogP contribution in [-0.2, 0) is 4.84 Å². The first-order chi connectivity index (χ1) is 9.27. The monoisotopic (exact) mass is 260 g/mol. The number of nitrogens with one attached hydrogen (secondary N) is 2. The Bertz CT molecular complexity index is 499. The van der Waals surface area contributed by atoms with Gasteiger partial charge in [-0.25, -0.2) is 15.3 Å². The highest BCUT2D eigenvalue weighted by Crippen LogP contribution is 2.25. The molecule has 0 aliphatic carbocycles. The number of amides is 2. The molecule has 0 spiro atoms. The van der Waals surface area contributed by atoms with Crippen LogP contribution in [0.1, 0.15) is 23.6 Å². The second-order valence-corrected chi connectivity index (χ2v) is 4.07. The van der Waals surface area contributed by atoms with E-state index in [-0.39, 0.29) is 5.92 Å². The minimum atomic E-state index is -0.696. The third kappa shape index (κ3) is 3.82. The minimum absolute atomic E-state index is 0.137. The van der Waals surface area contributed by atoms with Gasteiger partial charge in [0.15, 0.2) is 0 Å². The van der Waals surface area contributed by atoms with Gasteiger partial charge in [-0.3, -0.25) is 4.84 Å². The lowest BCUT2D eigenvalue weighted by Gasteiger charge is -2.15. The number of carbonyl (C=O) groups excluding carboxylic acids is 1. The van der Waals surface area contributed by atoms with Crippen LogP contribution in [0.2, 0.25) is 0 Å². The van der Waals surface area contributed by atoms with Gasteiger partial charge in [0.05, 0.1) is 12.9 Å². The van der Waals surface area contributed by atoms with E-state index < -0.39 is 6.03 Å². The lowest BCUT2D eigenvalue weighted by molar-refractivity contribution is 0.0609. The van der Waals surface area contributed by atoms with Crippen molar-refractivity contribution in [2.24, 2.45) is 5.73 Å². The summed E-state index contributed by atoms with van der Waals surface area (Å²) in [5.74, 6) is 0.137. The Balaban J connectivity index is 2.02. The van der Waals surface area contributed by atoms with Gasteiger partial charge in [0.2, 0.25) is 0 Å². The molecule has 1 aromatic carbocycles. The van der Waals surface area contributed by atoms with Crippen LogP contribution in [0.4, 0.5) is 4.79 Å². The van der Waals surface area contributed by atoms with Gasteiger partial charge >= 0.3 is 6.03 Å². The molecule has 0 fully saturated rings. The van der Waals surface area contributed by atoms with Crippen molar-refractivity contribution < 1.29 is 9.63 Å². The number of hydroxylamine groups is 1. The lowest BCUT2D eigenvalue weighted by atomic mass is 9.93. The van der Waals surface area contributed by atoms with E-state index in [2.05, 4.69) is 15.4 Å². The molecule has 0 saturated carbocycles. The van der Waals surface area contributed by atoms with Crippen LogP contribution in [-0.4, -0.2) is 22.6 Å². The number of hydrogen-bond donors (Lipinski definition) is 3. The number of carbonyl (C=O) groups is 1. The predicted molar refractivity (Wildman–Crippen MR) is 70.2 cm³/mol. The molecule has 0 aliphatic heterocycles. The molecule has 19 heavy (non-hydrogen) atoms. The zero-order valence-corrected chi connectivity index (χ0v) is 10.4. The van der Waals surface area contributed by atoms with E-state index in [4.69, 9.17) is 10.6 Å². The summed E-state index contributed by atoms with van der Waals surface area (Å²) >= 11 is 0. The Labute approximate surface area is 110 Å². The van der Waals surface area contributed by atoms with Crippen molar-refractivity contribution in [2.75, 3.05) is 6.61 Å². The molecule has 0 bridgehead atoms. The van der Waals surface area contributed by atoms with Gasteiger partial charge in [0, 0.05) is 17.8 Å². The second-order valence-electron chi connectivity index (χ2n) is 4.07. The molecule has 1 aromatic heterocycles. The van der Waals surface area contributed by atoms with Crippen molar-refractivity contribution in [2.45, 2.75) is 12.3 Å². The number of aromatic nitrogens is 2. The lowest BCUT2D eigenvalue weighted by Crippen LogP contribution is -2.30. The fourth-order valence-corrected chi connectivity index (χ4v) is 1.94. The van der Waals surface area contributed by atoms with Crippen LogP contribution in [0.5, 0.6) is 0 Å². The van der Waals surface area contributed by atoms with Crippen LogP contribution >= 0.6 is 0 Å². The number of primary amides is 1. The third-order valence-corrected chi connectivity index (χ3v) is 2.78. The Kier molecular flexibility index (Phi) is 4.52. The molecular weight excluding hydrogens is 244 g/mol. The number of H-pyrrole nitrogens is 1. The average molecular weight is 260 g/mol. The van der Waals surface area contributed by atoms with E-state index in [1.54, 1.807) is 12.5 Å². The Morgan fingerprint density at radius 1 is 1.42 bits per heavy atom. The van der Waals surface area contributed by atoms with Gasteiger partial charge in [-0.05, 0) is 12.0 Å². The zero-order valence-electron chi connectivity index (χ0n) is 10.4. The molecule has 0 saturated heterocycles. The first-order valence-corrected chi connectivity index (χ1v) is 5.98. The van der Waals surface area contributed by atoms with E-state index in [1.165, 1.54) is 0 Å². The number of benzene rings is 1. The summed E-state index contributed by atoms with van der Waals surface area (Å²) in [7, 11) is 0. The maximum Gasteiger partial charge on any atom is 0.336 e. The van der Waals surface area contributed by atoms with Gasteiger partial charge in [0.1, 0.15) is 0 Å². The number of hydrogen-bond acceptors (Lipinski definition) is 3. The third-order valence-electron chi connectivity index (χ3n) is 2.78. The SMILES string of the molecule is NC(=O)NOCCC(c1ccccc1)c1cnc[nH]1. The summed E-state index contributed by atoms with van der Waals surface area (Å²) in [6.45, 7) is 0.363. The summed E-state index contributed by atoms with van der Waals surface area (Å²) in [5, 5.41) is 0. The average Bonchev–Trinajstić information content (AvgIpc) is 2.93. The Morgan fingerprint density at radius 2 is 2.21 bits per heavy atom. The van der Waals surface area contributed by atoms with E-state index >= 15 is 0 Å². The summed E-state index contributed by atoms with van der Waals surface area (Å²) in [5.41, 5.74) is 9.20. The first-order valence-electron chi connectivity index (χ1n) is 5.98. The summed E-state index contributed by atoms with van der Waals surface area (Å²) in [6, 6.07) is 9.35. The van der Waals surface area contributed by atoms with Crippen molar-refractivity contribution >= 4 is 6.03 Å². The number of aromatic amines is 1. The van der Waals surface area contributed by atoms with Gasteiger partial charge in [-0.1, -0.05) is 30.3 Å². The standard InChI is InChI=1S/C13H16N4O2/c14-13(18)17-19-7-6-11(12-8-15-9-16-12)10-4-2-1-3-5-10/h1-5,8-9,11H,6-7H2,(H,15,16)(H3,14,17,18). The van der Waals surface area contributed by atoms with Crippen molar-refractivity contribution in [1.29, 1.82) is 0 Å². The summed E-state index contributed by atoms with van der Waals surface area (Å²) in [4.78, 5) is 22.6. The number of urea groups is 1. The summed E-state index contributed by atoms with van der Waals surface area (Å²) in [6.07, 6.45) is 4.14. The predicted octanol–water partition coefficient (Wildman–Crippen LogP) is 1.53. The van der Waals surface area contributed by atoms with Crippen molar-refractivity contribution in [1.82, 2.24) is 15.4 Å². The van der Waals surface area contributed by atoms with Crippen LogP contribution < -0.4 is 11.2 Å². The van der Waals surface area contributed by atoms with E-state index in [1.807, 2.05) is 30.3 Å². The topological polar surface area (TPSA) is 93.0 Å². The number of imidazole rings is 1. The van der Waals surface area contributed by atoms with E-state index in [0.717, 1.165) is 11.3 Å². The van der Waals surface area contributed by atoms with Crippen LogP contribution in [0.25, 0.3) is 0 Å². The van der Waals surface area contributed by atoms with Crippen LogP contribution in [0.3, 0.4) is 0 Å². The molecule has 2 aromatic rings. The number of rotatable bonds is 6. The van der Waals surface area contributed by atoms with Crippen molar-refractivity contribution in [3.05, 3.63) is 54.1 Å². The van der Waals surface area contributed by atoms with Crippen molar-refractivity contribution in [3.8, 4) is 0 Å². The Hall–Kier alpha value is -2.34. The minimum Gasteiger partial charge on any atom is -0.350 e. The number of nitrogens with two attached hydrogens (primary N) is 1. The second kappa shape index (κ2) is 6.55. The van der Waals surface area contributed by atoms with Gasteiger partial charge in [-0.2, -0.15) is 0 Å². The smallest absolute Gasteiger partial charge is 0.336 e. The molecule has 100 valence electrons. The maximum absolute atomic E-state index is 10.5. The molecule has 1 heterocycles. The molecule has 6 heteroatoms. The highest BCUT2D eigenvalue weighted by molar-refractivity contribution is 5.70. The Morgan fingerprint density at radius 3 is 2.84 bits per heavy atom. The largest absolute Gasteiger partial charge is 0.350 e. The fourth-order valence-electron chi connectivity index (χ4n) is 1.94. The van der Waals surface area contributed by atoms with Crippen molar-refractivity contribution in [3.63, 3.8) is 0 Å². The van der Waals surface area contributed by atoms with Gasteiger partial charge in [0.25, 0.3) is 0 Å². The fraction of sp³-hybridized carbons (Fsp3) is 0.231. The normalized spacial score (nSPS) is 12.0. The molecule has 1 unspecified atom stereocenters. The highest BCUT2D eigenvalue weighted by Gasteiger charge is 2.15. The molecule has 0 aliphatic rings. The van der Waals surface area contributed by atoms with Crippen LogP contribution in [0.15, 0.2) is 42.9 Å². The molecule has 2 amide bonds. The van der Waals surface area contributed by atoms with Gasteiger partial charge < -0.3 is 10.7 Å². The molecule has 1 atom stereocenters. The highest BCUT2D eigenvalue weighted by atomic mass is 16.7. The zero-order chi connectivity index (χ0) is 13.5. The molecule has 4 N–H and O–H groups in total. The van der Waals surface area contributed by atoms with E-state index in [0.29, 0.717) is 13.0 Å².